The van der Waals surface area contributed by atoms with Crippen LogP contribution in [0.25, 0.3) is 5.57 Å². The third-order valence-corrected chi connectivity index (χ3v) is 6.21. The van der Waals surface area contributed by atoms with E-state index in [2.05, 4.69) is 44.0 Å². The number of ether oxygens (including phenoxy) is 2. The number of hydrogen-bond donors (Lipinski definition) is 2. The van der Waals surface area contributed by atoms with E-state index in [1.54, 1.807) is 24.3 Å². The molecule has 0 unspecified atom stereocenters. The number of alkyl halides is 2. The summed E-state index contributed by atoms with van der Waals surface area (Å²) in [5.74, 6) is -0.112. The third kappa shape index (κ3) is 4.25. The molecule has 0 saturated carbocycles. The molecule has 4 N–H and O–H groups in total. The molecule has 1 aliphatic carbocycles. The number of hydrogen-bond acceptors (Lipinski definition) is 4. The highest BCUT2D eigenvalue weighted by atomic mass is 79.9. The van der Waals surface area contributed by atoms with Crippen molar-refractivity contribution in [3.05, 3.63) is 103 Å². The lowest BCUT2D eigenvalue weighted by atomic mass is 9.96. The Morgan fingerprint density at radius 2 is 1.27 bits per heavy atom. The molecule has 0 heterocycles. The average Bonchev–Trinajstić information content (AvgIpc) is 2.71. The molecule has 4 rings (SSSR count). The van der Waals surface area contributed by atoms with E-state index >= 15 is 0 Å². The Kier molecular flexibility index (Phi) is 5.62. The van der Waals surface area contributed by atoms with Crippen LogP contribution in [0, 0.1) is 0 Å². The molecule has 0 spiro atoms. The summed E-state index contributed by atoms with van der Waals surface area (Å²) < 4.78 is 11.9. The van der Waals surface area contributed by atoms with Gasteiger partial charge in [-0.3, -0.25) is 0 Å². The number of rotatable bonds is 5. The van der Waals surface area contributed by atoms with Gasteiger partial charge in [0, 0.05) is 29.6 Å². The van der Waals surface area contributed by atoms with Gasteiger partial charge in [-0.25, -0.2) is 0 Å². The minimum Gasteiger partial charge on any atom is -0.446 e. The first kappa shape index (κ1) is 20.6. The zero-order valence-corrected chi connectivity index (χ0v) is 19.1. The molecule has 0 saturated heterocycles. The van der Waals surface area contributed by atoms with Crippen molar-refractivity contribution in [2.24, 2.45) is 0 Å². The summed E-state index contributed by atoms with van der Waals surface area (Å²) in [5.41, 5.74) is 15.2. The number of halogens is 2. The quantitative estimate of drug-likeness (QED) is 0.237. The first-order chi connectivity index (χ1) is 14.4. The van der Waals surface area contributed by atoms with Gasteiger partial charge in [0.1, 0.15) is 11.5 Å². The maximum atomic E-state index is 6.40. The normalized spacial score (nSPS) is 16.5. The lowest BCUT2D eigenvalue weighted by molar-refractivity contribution is -0.0682. The highest BCUT2D eigenvalue weighted by Crippen LogP contribution is 2.48. The first-order valence-corrected chi connectivity index (χ1v) is 10.9. The molecule has 0 fully saturated rings. The summed E-state index contributed by atoms with van der Waals surface area (Å²) in [6.45, 7) is 0. The largest absolute Gasteiger partial charge is 0.446 e. The van der Waals surface area contributed by atoms with Gasteiger partial charge in [0.15, 0.2) is 3.23 Å². The SMILES string of the molecule is Nc1cccc(OC2(Oc3cccc(N)c3)C=CC(c3ccccc3)=CC2(Br)Br)c1. The van der Waals surface area contributed by atoms with Gasteiger partial charge in [0.2, 0.25) is 0 Å². The molecular weight excluding hydrogens is 508 g/mol. The van der Waals surface area contributed by atoms with Crippen molar-refractivity contribution >= 4 is 48.8 Å². The fraction of sp³-hybridized carbons (Fsp3) is 0.0833. The number of anilines is 2. The molecule has 152 valence electrons. The zero-order valence-electron chi connectivity index (χ0n) is 16.0. The van der Waals surface area contributed by atoms with Crippen molar-refractivity contribution in [1.82, 2.24) is 0 Å². The smallest absolute Gasteiger partial charge is 0.300 e. The van der Waals surface area contributed by atoms with Crippen LogP contribution < -0.4 is 20.9 Å². The second-order valence-electron chi connectivity index (χ2n) is 6.94. The predicted molar refractivity (Wildman–Crippen MR) is 130 cm³/mol. The second kappa shape index (κ2) is 8.20. The molecule has 0 amide bonds. The molecule has 0 aromatic heterocycles. The van der Waals surface area contributed by atoms with Crippen LogP contribution in [0.15, 0.2) is 97.1 Å². The molecule has 0 atom stereocenters. The summed E-state index contributed by atoms with van der Waals surface area (Å²) in [6, 6.07) is 24.6. The van der Waals surface area contributed by atoms with Gasteiger partial charge < -0.3 is 20.9 Å². The predicted octanol–water partition coefficient (Wildman–Crippen LogP) is 6.14. The van der Waals surface area contributed by atoms with Gasteiger partial charge in [-0.1, -0.05) is 80.4 Å². The Balaban J connectivity index is 1.77. The van der Waals surface area contributed by atoms with Crippen LogP contribution in [0.1, 0.15) is 5.56 Å². The van der Waals surface area contributed by atoms with Gasteiger partial charge in [-0.05, 0) is 41.5 Å². The molecule has 0 bridgehead atoms. The van der Waals surface area contributed by atoms with Crippen LogP contribution in [0.4, 0.5) is 11.4 Å². The number of nitrogen functional groups attached to an aromatic ring is 2. The molecule has 3 aromatic rings. The topological polar surface area (TPSA) is 70.5 Å². The van der Waals surface area contributed by atoms with E-state index in [0.29, 0.717) is 22.9 Å². The molecule has 1 aliphatic rings. The highest BCUT2D eigenvalue weighted by Gasteiger charge is 2.52. The Morgan fingerprint density at radius 3 is 1.77 bits per heavy atom. The summed E-state index contributed by atoms with van der Waals surface area (Å²) in [5, 5.41) is 0. The van der Waals surface area contributed by atoms with Gasteiger partial charge in [0.25, 0.3) is 5.79 Å². The fourth-order valence-corrected chi connectivity index (χ4v) is 4.28. The van der Waals surface area contributed by atoms with E-state index in [4.69, 9.17) is 20.9 Å². The molecule has 30 heavy (non-hydrogen) atoms. The van der Waals surface area contributed by atoms with Gasteiger partial charge in [-0.15, -0.1) is 0 Å². The maximum Gasteiger partial charge on any atom is 0.300 e. The van der Waals surface area contributed by atoms with E-state index in [1.807, 2.05) is 60.7 Å². The van der Waals surface area contributed by atoms with Crippen LogP contribution in [-0.2, 0) is 0 Å². The third-order valence-electron chi connectivity index (χ3n) is 4.65. The van der Waals surface area contributed by atoms with Crippen LogP contribution in [0.2, 0.25) is 0 Å². The first-order valence-electron chi connectivity index (χ1n) is 9.31. The number of nitrogens with two attached hydrogens (primary N) is 2. The Labute approximate surface area is 192 Å². The van der Waals surface area contributed by atoms with Crippen molar-refractivity contribution in [3.63, 3.8) is 0 Å². The Bertz CT molecular complexity index is 1060. The van der Waals surface area contributed by atoms with Crippen LogP contribution in [-0.4, -0.2) is 9.02 Å². The van der Waals surface area contributed by atoms with Gasteiger partial charge in [0.05, 0.1) is 0 Å². The van der Waals surface area contributed by atoms with Crippen LogP contribution in [0.5, 0.6) is 11.5 Å². The van der Waals surface area contributed by atoms with Gasteiger partial charge >= 0.3 is 0 Å². The minimum absolute atomic E-state index is 0.573. The van der Waals surface area contributed by atoms with Crippen molar-refractivity contribution in [2.45, 2.75) is 9.02 Å². The van der Waals surface area contributed by atoms with E-state index in [1.165, 1.54) is 0 Å². The molecule has 0 radical (unpaired) electrons. The Morgan fingerprint density at radius 1 is 0.700 bits per heavy atom. The van der Waals surface area contributed by atoms with Crippen molar-refractivity contribution in [2.75, 3.05) is 11.5 Å². The maximum absolute atomic E-state index is 6.40. The van der Waals surface area contributed by atoms with Crippen LogP contribution >= 0.6 is 31.9 Å². The monoisotopic (exact) mass is 526 g/mol. The summed E-state index contributed by atoms with van der Waals surface area (Å²) in [6.07, 6.45) is 5.88. The minimum atomic E-state index is -1.26. The fourth-order valence-electron chi connectivity index (χ4n) is 3.20. The van der Waals surface area contributed by atoms with Crippen molar-refractivity contribution < 1.29 is 9.47 Å². The molecular formula is C24H20Br2N2O2. The summed E-state index contributed by atoms with van der Waals surface area (Å²) in [7, 11) is 0. The zero-order chi connectivity index (χ0) is 21.2. The highest BCUT2D eigenvalue weighted by molar-refractivity contribution is 9.25. The summed E-state index contributed by atoms with van der Waals surface area (Å²) >= 11 is 7.56. The van der Waals surface area contributed by atoms with Gasteiger partial charge in [-0.2, -0.15) is 0 Å². The lowest BCUT2D eigenvalue weighted by Gasteiger charge is -2.42. The standard InChI is InChI=1S/C24H20Br2N2O2/c25-23(26)16-18(17-6-2-1-3-7-17)12-13-24(23,29-21-10-4-8-19(27)14-21)30-22-11-5-9-20(28)15-22/h1-16H,27-28H2. The molecule has 6 heteroatoms. The van der Waals surface area contributed by atoms with Crippen LogP contribution in [0.3, 0.4) is 0 Å². The number of allylic oxidation sites excluding steroid dienone is 2. The van der Waals surface area contributed by atoms with E-state index < -0.39 is 9.02 Å². The lowest BCUT2D eigenvalue weighted by Crippen LogP contribution is -2.54. The molecule has 4 nitrogen and oxygen atoms in total. The van der Waals surface area contributed by atoms with Crippen molar-refractivity contribution in [3.8, 4) is 11.5 Å². The molecule has 0 aliphatic heterocycles. The summed E-state index contributed by atoms with van der Waals surface area (Å²) in [4.78, 5) is 0. The average molecular weight is 528 g/mol. The van der Waals surface area contributed by atoms with E-state index in [-0.39, 0.29) is 0 Å². The Hall–Kier alpha value is -2.70. The van der Waals surface area contributed by atoms with E-state index in [9.17, 15) is 0 Å². The van der Waals surface area contributed by atoms with E-state index in [0.717, 1.165) is 11.1 Å². The molecule has 3 aromatic carbocycles. The number of benzene rings is 3. The second-order valence-corrected chi connectivity index (χ2v) is 10.5. The van der Waals surface area contributed by atoms with Crippen molar-refractivity contribution in [1.29, 1.82) is 0 Å².